The van der Waals surface area contributed by atoms with E-state index in [-0.39, 0.29) is 6.54 Å². The third-order valence-electron chi connectivity index (χ3n) is 5.97. The number of benzene rings is 1. The number of rotatable bonds is 7. The van der Waals surface area contributed by atoms with E-state index in [1.807, 2.05) is 0 Å². The van der Waals surface area contributed by atoms with Crippen LogP contribution < -0.4 is 10.4 Å². The number of ether oxygens (including phenoxy) is 3. The number of hydrogen-bond acceptors (Lipinski definition) is 12. The molecule has 2 fully saturated rings. The second-order valence-electron chi connectivity index (χ2n) is 8.74. The Kier molecular flexibility index (Phi) is 11.1. The van der Waals surface area contributed by atoms with E-state index in [2.05, 4.69) is 0 Å². The molecule has 0 aromatic heterocycles. The molecule has 13 nitrogen and oxygen atoms in total. The summed E-state index contributed by atoms with van der Waals surface area (Å²) in [5, 5.41) is 81.0. The molecule has 0 spiro atoms. The van der Waals surface area contributed by atoms with Gasteiger partial charge in [-0.05, 0) is 26.0 Å². The van der Waals surface area contributed by atoms with Gasteiger partial charge in [0.05, 0.1) is 13.2 Å². The molecule has 10 atom stereocenters. The minimum atomic E-state index is -1.97. The van der Waals surface area contributed by atoms with Gasteiger partial charge in [-0.1, -0.05) is 12.1 Å². The maximum atomic E-state index is 13.2. The standard InChI is InChI=1S/C20H30FNO10.C2H4O2/c1-20(18(29)17(28)15(26)12(8-24)31-20)32-19-13(16(27)14(25)11(7-23)30-19)22-6-9-2-4-10(21)5-3-9;1-2(3)4/h2-5,11-19,22-29H,6-8H2,1H3;1H3,(H,3,4)/t11?,12?,13?,14-,15-,16?,17+,18?,19-,20-;/m1./s1. The van der Waals surface area contributed by atoms with Gasteiger partial charge in [0.15, 0.2) is 11.8 Å². The fourth-order valence-electron chi connectivity index (χ4n) is 3.98. The van der Waals surface area contributed by atoms with Crippen molar-refractivity contribution < 1.29 is 69.6 Å². The van der Waals surface area contributed by atoms with E-state index in [9.17, 15) is 40.1 Å². The van der Waals surface area contributed by atoms with Crippen molar-refractivity contribution in [2.75, 3.05) is 13.2 Å². The summed E-state index contributed by atoms with van der Waals surface area (Å²) in [7, 11) is 0. The summed E-state index contributed by atoms with van der Waals surface area (Å²) in [6, 6.07) is 4.66. The fraction of sp³-hybridized carbons (Fsp3) is 0.682. The molecule has 0 saturated carbocycles. The third-order valence-corrected chi connectivity index (χ3v) is 5.97. The lowest BCUT2D eigenvalue weighted by Crippen LogP contribution is -2.96. The summed E-state index contributed by atoms with van der Waals surface area (Å²) in [4.78, 5) is 8.89. The molecule has 36 heavy (non-hydrogen) atoms. The molecule has 0 aliphatic carbocycles. The minimum Gasteiger partial charge on any atom is -0.550 e. The summed E-state index contributed by atoms with van der Waals surface area (Å²) in [5.74, 6) is -3.46. The van der Waals surface area contributed by atoms with Crippen LogP contribution in [-0.2, 0) is 25.5 Å². The Morgan fingerprint density at radius 1 is 1.03 bits per heavy atom. The Labute approximate surface area is 206 Å². The number of carboxylic acid groups (broad SMARTS) is 1. The zero-order valence-electron chi connectivity index (χ0n) is 19.8. The molecule has 5 unspecified atom stereocenters. The molecule has 14 heteroatoms. The number of hydrogen-bond donors (Lipinski definition) is 8. The van der Waals surface area contributed by atoms with Crippen molar-refractivity contribution in [1.29, 1.82) is 0 Å². The Bertz CT molecular complexity index is 826. The molecule has 1 aromatic carbocycles. The van der Waals surface area contributed by atoms with Crippen LogP contribution in [0.2, 0.25) is 0 Å². The van der Waals surface area contributed by atoms with Gasteiger partial charge in [-0.2, -0.15) is 0 Å². The lowest BCUT2D eigenvalue weighted by Gasteiger charge is -2.49. The number of carboxylic acids is 1. The number of aliphatic hydroxyl groups excluding tert-OH is 7. The average molecular weight is 524 g/mol. The highest BCUT2D eigenvalue weighted by atomic mass is 19.1. The molecule has 0 amide bonds. The quantitative estimate of drug-likeness (QED) is 0.168. The lowest BCUT2D eigenvalue weighted by molar-refractivity contribution is -0.734. The molecule has 206 valence electrons. The highest BCUT2D eigenvalue weighted by Crippen LogP contribution is 2.34. The van der Waals surface area contributed by atoms with Gasteiger partial charge in [-0.15, -0.1) is 0 Å². The lowest BCUT2D eigenvalue weighted by atomic mass is 9.92. The number of carbonyl (C=O) groups is 1. The van der Waals surface area contributed by atoms with E-state index in [0.717, 1.165) is 6.92 Å². The van der Waals surface area contributed by atoms with Gasteiger partial charge in [0, 0.05) is 11.5 Å². The van der Waals surface area contributed by atoms with E-state index in [0.29, 0.717) is 5.56 Å². The molecule has 2 saturated heterocycles. The van der Waals surface area contributed by atoms with Crippen molar-refractivity contribution in [2.45, 2.75) is 81.2 Å². The van der Waals surface area contributed by atoms with Crippen molar-refractivity contribution in [3.05, 3.63) is 35.6 Å². The SMILES string of the molecule is CC(=O)[O-].C[C@]1(O[C@H]2OC(CO)[C@@H](O)C(O)C2[NH2+]Cc2ccc(F)cc2)OC(CO)[C@@H](O)[C@H](O)C1O. The van der Waals surface area contributed by atoms with Gasteiger partial charge in [-0.25, -0.2) is 4.39 Å². The molecule has 2 aliphatic rings. The van der Waals surface area contributed by atoms with Gasteiger partial charge < -0.3 is 65.2 Å². The molecule has 0 bridgehead atoms. The van der Waals surface area contributed by atoms with Gasteiger partial charge in [-0.3, -0.25) is 0 Å². The fourth-order valence-corrected chi connectivity index (χ4v) is 3.98. The van der Waals surface area contributed by atoms with Crippen LogP contribution >= 0.6 is 0 Å². The average Bonchev–Trinajstić information content (AvgIpc) is 2.83. The zero-order chi connectivity index (χ0) is 27.2. The molecular weight excluding hydrogens is 489 g/mol. The largest absolute Gasteiger partial charge is 0.550 e. The number of nitrogens with two attached hydrogens (primary N) is 1. The zero-order valence-corrected chi connectivity index (χ0v) is 19.8. The predicted octanol–water partition coefficient (Wildman–Crippen LogP) is -5.34. The van der Waals surface area contributed by atoms with Crippen molar-refractivity contribution in [1.82, 2.24) is 0 Å². The summed E-state index contributed by atoms with van der Waals surface area (Å²) in [5.41, 5.74) is 0.704. The van der Waals surface area contributed by atoms with Crippen LogP contribution in [0.5, 0.6) is 0 Å². The van der Waals surface area contributed by atoms with E-state index in [1.54, 1.807) is 17.4 Å². The molecule has 1 aromatic rings. The van der Waals surface area contributed by atoms with E-state index < -0.39 is 85.8 Å². The summed E-state index contributed by atoms with van der Waals surface area (Å²) >= 11 is 0. The third kappa shape index (κ3) is 7.36. The Balaban J connectivity index is 0.00000106. The number of aliphatic hydroxyl groups is 7. The summed E-state index contributed by atoms with van der Waals surface area (Å²) in [6.45, 7) is 1.17. The maximum absolute atomic E-state index is 13.2. The van der Waals surface area contributed by atoms with Crippen molar-refractivity contribution in [3.8, 4) is 0 Å². The molecule has 2 aliphatic heterocycles. The first-order chi connectivity index (χ1) is 16.8. The van der Waals surface area contributed by atoms with Gasteiger partial charge in [0.2, 0.25) is 6.29 Å². The van der Waals surface area contributed by atoms with Crippen molar-refractivity contribution >= 4 is 5.97 Å². The van der Waals surface area contributed by atoms with Crippen LogP contribution in [0.25, 0.3) is 0 Å². The van der Waals surface area contributed by atoms with Gasteiger partial charge >= 0.3 is 0 Å². The number of carbonyl (C=O) groups excluding carboxylic acids is 1. The summed E-state index contributed by atoms with van der Waals surface area (Å²) < 4.78 is 30.1. The van der Waals surface area contributed by atoms with Crippen LogP contribution in [0.15, 0.2) is 24.3 Å². The smallest absolute Gasteiger partial charge is 0.216 e. The second kappa shape index (κ2) is 13.1. The van der Waals surface area contributed by atoms with E-state index >= 15 is 0 Å². The van der Waals surface area contributed by atoms with Crippen LogP contribution in [-0.4, -0.2) is 116 Å². The molecule has 2 heterocycles. The normalized spacial score (nSPS) is 38.7. The number of halogens is 1. The Morgan fingerprint density at radius 2 is 1.56 bits per heavy atom. The van der Waals surface area contributed by atoms with Crippen LogP contribution in [0.1, 0.15) is 19.4 Å². The van der Waals surface area contributed by atoms with Gasteiger partial charge in [0.25, 0.3) is 0 Å². The minimum absolute atomic E-state index is 0.239. The molecule has 3 rings (SSSR count). The highest BCUT2D eigenvalue weighted by Gasteiger charge is 2.56. The van der Waals surface area contributed by atoms with E-state index in [1.165, 1.54) is 19.1 Å². The second-order valence-corrected chi connectivity index (χ2v) is 8.74. The van der Waals surface area contributed by atoms with Crippen LogP contribution in [0.3, 0.4) is 0 Å². The molecule has 0 radical (unpaired) electrons. The van der Waals surface area contributed by atoms with Crippen molar-refractivity contribution in [3.63, 3.8) is 0 Å². The maximum Gasteiger partial charge on any atom is 0.216 e. The Hall–Kier alpha value is -1.82. The van der Waals surface area contributed by atoms with Crippen LogP contribution in [0, 0.1) is 5.82 Å². The topological polar surface area (TPSA) is 226 Å². The summed E-state index contributed by atoms with van der Waals surface area (Å²) in [6.07, 6.45) is -11.7. The first kappa shape index (κ1) is 30.4. The molecular formula is C22H34FNO12. The molecule has 9 N–H and O–H groups in total. The predicted molar refractivity (Wildman–Crippen MR) is 114 cm³/mol. The number of quaternary nitrogens is 1. The first-order valence-electron chi connectivity index (χ1n) is 11.2. The van der Waals surface area contributed by atoms with Gasteiger partial charge in [0.1, 0.15) is 55.1 Å². The highest BCUT2D eigenvalue weighted by molar-refractivity contribution is 5.60. The Morgan fingerprint density at radius 3 is 2.08 bits per heavy atom. The first-order valence-corrected chi connectivity index (χ1v) is 11.2. The monoisotopic (exact) mass is 523 g/mol. The van der Waals surface area contributed by atoms with Crippen LogP contribution in [0.4, 0.5) is 4.39 Å². The van der Waals surface area contributed by atoms with E-state index in [4.69, 9.17) is 24.1 Å². The van der Waals surface area contributed by atoms with Crippen molar-refractivity contribution in [2.24, 2.45) is 0 Å². The number of aliphatic carboxylic acids is 1.